The van der Waals surface area contributed by atoms with E-state index < -0.39 is 0 Å². The average molecular weight is 441 g/mol. The lowest BCUT2D eigenvalue weighted by Gasteiger charge is -2.34. The number of carbonyl (C=O) groups is 1. The highest BCUT2D eigenvalue weighted by Gasteiger charge is 2.24. The molecule has 0 saturated carbocycles. The number of nitrogens with zero attached hydrogens (tertiary/aromatic N) is 2. The van der Waals surface area contributed by atoms with Gasteiger partial charge in [0.2, 0.25) is 0 Å². The van der Waals surface area contributed by atoms with Crippen LogP contribution in [0.5, 0.6) is 0 Å². The number of para-hydroxylation sites is 1. The van der Waals surface area contributed by atoms with Crippen LogP contribution < -0.4 is 0 Å². The molecule has 5 nitrogen and oxygen atoms in total. The van der Waals surface area contributed by atoms with E-state index in [-0.39, 0.29) is 12.0 Å². The SMILES string of the molecule is O=C(c1cc2ccccc2o1)N1CCN(CCOC(c2ccccc2)c2ccccc2)CC1. The molecule has 1 aromatic heterocycles. The summed E-state index contributed by atoms with van der Waals surface area (Å²) in [5.74, 6) is 0.386. The highest BCUT2D eigenvalue weighted by atomic mass is 16.5. The smallest absolute Gasteiger partial charge is 0.289 e. The first-order valence-corrected chi connectivity index (χ1v) is 11.5. The number of hydrogen-bond acceptors (Lipinski definition) is 4. The number of furan rings is 1. The predicted octanol–water partition coefficient (Wildman–Crippen LogP) is 5.00. The van der Waals surface area contributed by atoms with Crippen LogP contribution in [0.15, 0.2) is 95.4 Å². The highest BCUT2D eigenvalue weighted by molar-refractivity contribution is 5.96. The first kappa shape index (κ1) is 21.4. The van der Waals surface area contributed by atoms with Gasteiger partial charge in [-0.05, 0) is 23.3 Å². The van der Waals surface area contributed by atoms with Crippen molar-refractivity contribution in [2.24, 2.45) is 0 Å². The molecule has 0 N–H and O–H groups in total. The fourth-order valence-corrected chi connectivity index (χ4v) is 4.36. The minimum absolute atomic E-state index is 0.0321. The molecule has 4 aromatic rings. The number of rotatable bonds is 7. The summed E-state index contributed by atoms with van der Waals surface area (Å²) in [6.07, 6.45) is -0.0802. The standard InChI is InChI=1S/C28H28N2O3/c31-28(26-21-24-13-7-8-14-25(24)33-26)30-17-15-29(16-18-30)19-20-32-27(22-9-3-1-4-10-22)23-11-5-2-6-12-23/h1-14,21,27H,15-20H2. The third kappa shape index (κ3) is 5.00. The van der Waals surface area contributed by atoms with Crippen molar-refractivity contribution in [2.45, 2.75) is 6.10 Å². The van der Waals surface area contributed by atoms with E-state index in [0.29, 0.717) is 25.5 Å². The first-order chi connectivity index (χ1) is 16.3. The van der Waals surface area contributed by atoms with Crippen LogP contribution in [0.3, 0.4) is 0 Å². The van der Waals surface area contributed by atoms with Crippen LogP contribution in [0.1, 0.15) is 27.8 Å². The highest BCUT2D eigenvalue weighted by Crippen LogP contribution is 2.26. The molecule has 0 bridgehead atoms. The van der Waals surface area contributed by atoms with Crippen molar-refractivity contribution in [3.63, 3.8) is 0 Å². The zero-order valence-corrected chi connectivity index (χ0v) is 18.6. The second-order valence-corrected chi connectivity index (χ2v) is 8.35. The Bertz CT molecular complexity index is 1110. The van der Waals surface area contributed by atoms with Gasteiger partial charge in [-0.1, -0.05) is 78.9 Å². The van der Waals surface area contributed by atoms with Crippen LogP contribution >= 0.6 is 0 Å². The van der Waals surface area contributed by atoms with Gasteiger partial charge in [0.15, 0.2) is 5.76 Å². The summed E-state index contributed by atoms with van der Waals surface area (Å²) >= 11 is 0. The quantitative estimate of drug-likeness (QED) is 0.406. The number of amides is 1. The molecule has 5 heteroatoms. The number of benzene rings is 3. The zero-order chi connectivity index (χ0) is 22.5. The minimum atomic E-state index is -0.0802. The lowest BCUT2D eigenvalue weighted by molar-refractivity contribution is 0.0397. The molecule has 33 heavy (non-hydrogen) atoms. The maximum atomic E-state index is 12.9. The van der Waals surface area contributed by atoms with Crippen LogP contribution in [-0.2, 0) is 4.74 Å². The largest absolute Gasteiger partial charge is 0.451 e. The summed E-state index contributed by atoms with van der Waals surface area (Å²) in [5, 5.41) is 0.961. The van der Waals surface area contributed by atoms with Gasteiger partial charge in [0.25, 0.3) is 5.91 Å². The molecule has 1 fully saturated rings. The Labute approximate surface area is 194 Å². The third-order valence-electron chi connectivity index (χ3n) is 6.19. The molecule has 1 aliphatic rings. The average Bonchev–Trinajstić information content (AvgIpc) is 3.32. The van der Waals surface area contributed by atoms with Gasteiger partial charge in [0.1, 0.15) is 11.7 Å². The molecule has 3 aromatic carbocycles. The van der Waals surface area contributed by atoms with Gasteiger partial charge >= 0.3 is 0 Å². The van der Waals surface area contributed by atoms with Crippen molar-refractivity contribution in [3.05, 3.63) is 108 Å². The van der Waals surface area contributed by atoms with Crippen LogP contribution in [0.25, 0.3) is 11.0 Å². The Kier molecular flexibility index (Phi) is 6.51. The van der Waals surface area contributed by atoms with Gasteiger partial charge in [0.05, 0.1) is 6.61 Å². The van der Waals surface area contributed by atoms with E-state index >= 15 is 0 Å². The Hall–Kier alpha value is -3.41. The minimum Gasteiger partial charge on any atom is -0.451 e. The van der Waals surface area contributed by atoms with Gasteiger partial charge < -0.3 is 14.1 Å². The van der Waals surface area contributed by atoms with Crippen molar-refractivity contribution in [3.8, 4) is 0 Å². The Balaban J connectivity index is 1.14. The molecular formula is C28H28N2O3. The van der Waals surface area contributed by atoms with Crippen LogP contribution in [-0.4, -0.2) is 55.0 Å². The fourth-order valence-electron chi connectivity index (χ4n) is 4.36. The van der Waals surface area contributed by atoms with Crippen LogP contribution in [0.2, 0.25) is 0 Å². The first-order valence-electron chi connectivity index (χ1n) is 11.5. The lowest BCUT2D eigenvalue weighted by atomic mass is 10.0. The molecule has 0 aliphatic carbocycles. The molecule has 1 saturated heterocycles. The molecule has 5 rings (SSSR count). The Morgan fingerprint density at radius 2 is 1.42 bits per heavy atom. The van der Waals surface area contributed by atoms with Gasteiger partial charge in [-0.25, -0.2) is 0 Å². The number of ether oxygens (including phenoxy) is 1. The van der Waals surface area contributed by atoms with E-state index in [4.69, 9.17) is 9.15 Å². The number of hydrogen-bond donors (Lipinski definition) is 0. The molecule has 2 heterocycles. The summed E-state index contributed by atoms with van der Waals surface area (Å²) in [4.78, 5) is 17.1. The molecule has 0 atom stereocenters. The molecule has 0 spiro atoms. The summed E-state index contributed by atoms with van der Waals surface area (Å²) in [7, 11) is 0. The Morgan fingerprint density at radius 3 is 2.06 bits per heavy atom. The van der Waals surface area contributed by atoms with Gasteiger partial charge in [0, 0.05) is 38.1 Å². The summed E-state index contributed by atoms with van der Waals surface area (Å²) in [5.41, 5.74) is 3.07. The van der Waals surface area contributed by atoms with Crippen molar-refractivity contribution >= 4 is 16.9 Å². The van der Waals surface area contributed by atoms with Crippen molar-refractivity contribution in [1.29, 1.82) is 0 Å². The Morgan fingerprint density at radius 1 is 0.818 bits per heavy atom. The van der Waals surface area contributed by atoms with E-state index in [9.17, 15) is 4.79 Å². The van der Waals surface area contributed by atoms with Crippen molar-refractivity contribution in [2.75, 3.05) is 39.3 Å². The van der Waals surface area contributed by atoms with Crippen LogP contribution in [0, 0.1) is 0 Å². The van der Waals surface area contributed by atoms with Crippen molar-refractivity contribution in [1.82, 2.24) is 9.80 Å². The normalized spacial score (nSPS) is 14.8. The fraction of sp³-hybridized carbons (Fsp3) is 0.250. The van der Waals surface area contributed by atoms with E-state index in [2.05, 4.69) is 29.2 Å². The lowest BCUT2D eigenvalue weighted by Crippen LogP contribution is -2.49. The van der Waals surface area contributed by atoms with E-state index in [1.165, 1.54) is 0 Å². The summed E-state index contributed by atoms with van der Waals surface area (Å²) < 4.78 is 12.1. The molecule has 0 radical (unpaired) electrons. The second kappa shape index (κ2) is 10.0. The van der Waals surface area contributed by atoms with Crippen molar-refractivity contribution < 1.29 is 13.9 Å². The number of carbonyl (C=O) groups excluding carboxylic acids is 1. The van der Waals surface area contributed by atoms with Gasteiger partial charge in [-0.15, -0.1) is 0 Å². The molecule has 1 aliphatic heterocycles. The van der Waals surface area contributed by atoms with E-state index in [0.717, 1.165) is 41.7 Å². The summed E-state index contributed by atoms with van der Waals surface area (Å²) in [6.45, 7) is 4.51. The molecule has 0 unspecified atom stereocenters. The predicted molar refractivity (Wildman–Crippen MR) is 129 cm³/mol. The molecule has 1 amide bonds. The number of fused-ring (bicyclic) bond motifs is 1. The van der Waals surface area contributed by atoms with E-state index in [1.807, 2.05) is 71.6 Å². The van der Waals surface area contributed by atoms with Gasteiger partial charge in [-0.2, -0.15) is 0 Å². The number of piperazine rings is 1. The van der Waals surface area contributed by atoms with E-state index in [1.54, 1.807) is 0 Å². The maximum absolute atomic E-state index is 12.9. The zero-order valence-electron chi connectivity index (χ0n) is 18.6. The maximum Gasteiger partial charge on any atom is 0.289 e. The van der Waals surface area contributed by atoms with Crippen LogP contribution in [0.4, 0.5) is 0 Å². The van der Waals surface area contributed by atoms with Gasteiger partial charge in [-0.3, -0.25) is 9.69 Å². The molecular weight excluding hydrogens is 412 g/mol. The molecule has 168 valence electrons. The topological polar surface area (TPSA) is 45.9 Å². The third-order valence-corrected chi connectivity index (χ3v) is 6.19. The second-order valence-electron chi connectivity index (χ2n) is 8.35. The monoisotopic (exact) mass is 440 g/mol. The summed E-state index contributed by atoms with van der Waals surface area (Å²) in [6, 6.07) is 30.3.